The maximum atomic E-state index is 11.9. The van der Waals surface area contributed by atoms with Gasteiger partial charge in [0.15, 0.2) is 0 Å². The number of urea groups is 1. The third-order valence-corrected chi connectivity index (χ3v) is 3.17. The average molecular weight is 259 g/mol. The van der Waals surface area contributed by atoms with Crippen LogP contribution in [0.3, 0.4) is 0 Å². The summed E-state index contributed by atoms with van der Waals surface area (Å²) in [5.74, 6) is 0. The number of hydrogen-bond donors (Lipinski definition) is 1. The third kappa shape index (κ3) is 3.74. The number of hydrogen-bond acceptors (Lipinski definition) is 2. The van der Waals surface area contributed by atoms with Crippen molar-refractivity contribution in [3.05, 3.63) is 42.1 Å². The summed E-state index contributed by atoms with van der Waals surface area (Å²) < 4.78 is 0. The maximum absolute atomic E-state index is 11.9. The lowest BCUT2D eigenvalue weighted by molar-refractivity contribution is 0.198. The zero-order chi connectivity index (χ0) is 13.7. The van der Waals surface area contributed by atoms with E-state index in [1.807, 2.05) is 36.9 Å². The summed E-state index contributed by atoms with van der Waals surface area (Å²) in [6.45, 7) is 7.22. The minimum absolute atomic E-state index is 0.00564. The van der Waals surface area contributed by atoms with Gasteiger partial charge in [0.05, 0.1) is 0 Å². The van der Waals surface area contributed by atoms with Crippen LogP contribution < -0.4 is 10.2 Å². The number of anilines is 1. The second kappa shape index (κ2) is 6.27. The van der Waals surface area contributed by atoms with Crippen LogP contribution in [0.25, 0.3) is 0 Å². The molecule has 1 aliphatic heterocycles. The Bertz CT molecular complexity index is 444. The standard InChI is InChI=1S/C15H21N3O/c1-13(2)12-16-15(19)18-10-8-17(9-11-18)14-6-4-3-5-7-14/h3-7,12H,8-11H2,1-2H3,(H,16,19). The molecule has 0 bridgehead atoms. The highest BCUT2D eigenvalue weighted by Crippen LogP contribution is 2.15. The summed E-state index contributed by atoms with van der Waals surface area (Å²) >= 11 is 0. The van der Waals surface area contributed by atoms with Gasteiger partial charge in [-0.05, 0) is 26.0 Å². The topological polar surface area (TPSA) is 35.6 Å². The van der Waals surface area contributed by atoms with E-state index in [1.54, 1.807) is 6.20 Å². The van der Waals surface area contributed by atoms with Crippen LogP contribution >= 0.6 is 0 Å². The molecule has 19 heavy (non-hydrogen) atoms. The lowest BCUT2D eigenvalue weighted by Gasteiger charge is -2.35. The van der Waals surface area contributed by atoms with Gasteiger partial charge in [-0.2, -0.15) is 0 Å². The highest BCUT2D eigenvalue weighted by atomic mass is 16.2. The van der Waals surface area contributed by atoms with Crippen LogP contribution in [0.5, 0.6) is 0 Å². The van der Waals surface area contributed by atoms with Gasteiger partial charge in [0, 0.05) is 38.1 Å². The predicted molar refractivity (Wildman–Crippen MR) is 78.2 cm³/mol. The number of nitrogens with zero attached hydrogens (tertiary/aromatic N) is 2. The second-order valence-electron chi connectivity index (χ2n) is 4.98. The Labute approximate surface area is 114 Å². The molecule has 0 saturated carbocycles. The third-order valence-electron chi connectivity index (χ3n) is 3.17. The molecule has 0 unspecified atom stereocenters. The fourth-order valence-electron chi connectivity index (χ4n) is 2.10. The van der Waals surface area contributed by atoms with Crippen molar-refractivity contribution in [1.82, 2.24) is 10.2 Å². The average Bonchev–Trinajstić information content (AvgIpc) is 2.46. The number of piperazine rings is 1. The van der Waals surface area contributed by atoms with Crippen LogP contribution in [0.2, 0.25) is 0 Å². The van der Waals surface area contributed by atoms with Crippen LogP contribution in [0.4, 0.5) is 10.5 Å². The molecule has 0 spiro atoms. The van der Waals surface area contributed by atoms with Gasteiger partial charge in [-0.1, -0.05) is 23.8 Å². The Balaban J connectivity index is 1.86. The molecule has 4 heteroatoms. The van der Waals surface area contributed by atoms with Crippen LogP contribution in [-0.4, -0.2) is 37.1 Å². The molecular formula is C15H21N3O. The van der Waals surface area contributed by atoms with Crippen molar-refractivity contribution < 1.29 is 4.79 Å². The molecule has 4 nitrogen and oxygen atoms in total. The van der Waals surface area contributed by atoms with Crippen LogP contribution in [-0.2, 0) is 0 Å². The Kier molecular flexibility index (Phi) is 4.44. The van der Waals surface area contributed by atoms with E-state index in [4.69, 9.17) is 0 Å². The van der Waals surface area contributed by atoms with Gasteiger partial charge in [0.2, 0.25) is 0 Å². The number of carbonyl (C=O) groups is 1. The molecule has 1 aromatic carbocycles. The first-order chi connectivity index (χ1) is 9.16. The van der Waals surface area contributed by atoms with Crippen molar-refractivity contribution in [2.45, 2.75) is 13.8 Å². The number of benzene rings is 1. The normalized spacial score (nSPS) is 15.1. The molecule has 1 N–H and O–H groups in total. The molecule has 1 aromatic rings. The number of para-hydroxylation sites is 1. The first-order valence-electron chi connectivity index (χ1n) is 6.65. The predicted octanol–water partition coefficient (Wildman–Crippen LogP) is 2.44. The molecule has 102 valence electrons. The van der Waals surface area contributed by atoms with E-state index < -0.39 is 0 Å². The summed E-state index contributed by atoms with van der Waals surface area (Å²) in [5, 5.41) is 2.81. The largest absolute Gasteiger partial charge is 0.368 e. The molecule has 0 atom stereocenters. The van der Waals surface area contributed by atoms with Crippen molar-refractivity contribution in [3.63, 3.8) is 0 Å². The summed E-state index contributed by atoms with van der Waals surface area (Å²) in [4.78, 5) is 16.1. The van der Waals surface area contributed by atoms with Gasteiger partial charge in [0.1, 0.15) is 0 Å². The summed E-state index contributed by atoms with van der Waals surface area (Å²) in [6, 6.07) is 10.3. The summed E-state index contributed by atoms with van der Waals surface area (Å²) in [5.41, 5.74) is 2.32. The highest BCUT2D eigenvalue weighted by molar-refractivity contribution is 5.75. The zero-order valence-electron chi connectivity index (χ0n) is 11.6. The number of amides is 2. The van der Waals surface area contributed by atoms with Crippen LogP contribution in [0.15, 0.2) is 42.1 Å². The van der Waals surface area contributed by atoms with Gasteiger partial charge in [-0.3, -0.25) is 0 Å². The van der Waals surface area contributed by atoms with Crippen LogP contribution in [0.1, 0.15) is 13.8 Å². The van der Waals surface area contributed by atoms with Gasteiger partial charge in [-0.15, -0.1) is 0 Å². The Morgan fingerprint density at radius 3 is 2.32 bits per heavy atom. The molecule has 1 aliphatic rings. The van der Waals surface area contributed by atoms with E-state index in [9.17, 15) is 4.79 Å². The van der Waals surface area contributed by atoms with Gasteiger partial charge in [-0.25, -0.2) is 4.79 Å². The van der Waals surface area contributed by atoms with Crippen molar-refractivity contribution >= 4 is 11.7 Å². The van der Waals surface area contributed by atoms with Crippen molar-refractivity contribution in [2.75, 3.05) is 31.1 Å². The molecular weight excluding hydrogens is 238 g/mol. The number of rotatable bonds is 2. The summed E-state index contributed by atoms with van der Waals surface area (Å²) in [7, 11) is 0. The second-order valence-corrected chi connectivity index (χ2v) is 4.98. The number of allylic oxidation sites excluding steroid dienone is 1. The molecule has 1 heterocycles. The van der Waals surface area contributed by atoms with Gasteiger partial charge in [0.25, 0.3) is 0 Å². The first-order valence-corrected chi connectivity index (χ1v) is 6.65. The molecule has 0 aliphatic carbocycles. The molecule has 1 fully saturated rings. The van der Waals surface area contributed by atoms with E-state index >= 15 is 0 Å². The van der Waals surface area contributed by atoms with Crippen molar-refractivity contribution in [2.24, 2.45) is 0 Å². The monoisotopic (exact) mass is 259 g/mol. The molecule has 0 radical (unpaired) electrons. The Morgan fingerprint density at radius 1 is 1.11 bits per heavy atom. The SMILES string of the molecule is CC(C)=CNC(=O)N1CCN(c2ccccc2)CC1. The fraction of sp³-hybridized carbons (Fsp3) is 0.400. The summed E-state index contributed by atoms with van der Waals surface area (Å²) in [6.07, 6.45) is 1.76. The van der Waals surface area contributed by atoms with Gasteiger partial charge < -0.3 is 15.1 Å². The van der Waals surface area contributed by atoms with E-state index in [2.05, 4.69) is 22.3 Å². The highest BCUT2D eigenvalue weighted by Gasteiger charge is 2.20. The van der Waals surface area contributed by atoms with Crippen molar-refractivity contribution in [3.8, 4) is 0 Å². The number of nitrogens with one attached hydrogen (secondary N) is 1. The first kappa shape index (κ1) is 13.5. The Hall–Kier alpha value is -1.97. The lowest BCUT2D eigenvalue weighted by Crippen LogP contribution is -2.51. The zero-order valence-corrected chi connectivity index (χ0v) is 11.6. The smallest absolute Gasteiger partial charge is 0.321 e. The molecule has 1 saturated heterocycles. The van der Waals surface area contributed by atoms with Crippen molar-refractivity contribution in [1.29, 1.82) is 0 Å². The fourth-order valence-corrected chi connectivity index (χ4v) is 2.10. The number of carbonyl (C=O) groups excluding carboxylic acids is 1. The quantitative estimate of drug-likeness (QED) is 0.885. The molecule has 0 aromatic heterocycles. The van der Waals surface area contributed by atoms with Crippen LogP contribution in [0, 0.1) is 0 Å². The van der Waals surface area contributed by atoms with Gasteiger partial charge >= 0.3 is 6.03 Å². The van der Waals surface area contributed by atoms with E-state index in [-0.39, 0.29) is 6.03 Å². The van der Waals surface area contributed by atoms with E-state index in [0.29, 0.717) is 0 Å². The minimum atomic E-state index is -0.00564. The molecule has 2 rings (SSSR count). The lowest BCUT2D eigenvalue weighted by atomic mass is 10.2. The maximum Gasteiger partial charge on any atom is 0.321 e. The van der Waals surface area contributed by atoms with E-state index in [0.717, 1.165) is 31.8 Å². The molecule has 2 amide bonds. The minimum Gasteiger partial charge on any atom is -0.368 e. The van der Waals surface area contributed by atoms with E-state index in [1.165, 1.54) is 5.69 Å². The Morgan fingerprint density at radius 2 is 1.74 bits per heavy atom.